The summed E-state index contributed by atoms with van der Waals surface area (Å²) in [5, 5.41) is 19.4. The van der Waals surface area contributed by atoms with E-state index in [-0.39, 0.29) is 5.75 Å². The summed E-state index contributed by atoms with van der Waals surface area (Å²) >= 11 is 0. The molecule has 1 aromatic rings. The van der Waals surface area contributed by atoms with Gasteiger partial charge in [0, 0.05) is 6.07 Å². The third kappa shape index (κ3) is 4.79. The van der Waals surface area contributed by atoms with Crippen LogP contribution >= 0.6 is 0 Å². The van der Waals surface area contributed by atoms with Crippen LogP contribution in [0.1, 0.15) is 0 Å². The number of nitrogens with one attached hydrogen (secondary N) is 1. The molecule has 0 saturated heterocycles. The first-order valence-electron chi connectivity index (χ1n) is 5.05. The second-order valence-corrected chi connectivity index (χ2v) is 3.40. The molecule has 0 heterocycles. The van der Waals surface area contributed by atoms with Crippen LogP contribution in [0.2, 0.25) is 0 Å². The van der Waals surface area contributed by atoms with Crippen LogP contribution in [0, 0.1) is 5.82 Å². The van der Waals surface area contributed by atoms with Crippen molar-refractivity contribution in [3.63, 3.8) is 0 Å². The van der Waals surface area contributed by atoms with Gasteiger partial charge in [-0.15, -0.1) is 0 Å². The van der Waals surface area contributed by atoms with Crippen molar-refractivity contribution >= 4 is 11.9 Å². The topological polar surface area (TPSA) is 95.9 Å². The average Bonchev–Trinajstić information content (AvgIpc) is 2.33. The zero-order valence-corrected chi connectivity index (χ0v) is 9.30. The Balaban J connectivity index is 2.31. The quantitative estimate of drug-likeness (QED) is 0.654. The number of hydrogen-bond acceptors (Lipinski definition) is 4. The summed E-state index contributed by atoms with van der Waals surface area (Å²) in [5.74, 6) is -2.35. The summed E-state index contributed by atoms with van der Waals surface area (Å²) in [6, 6.07) is 5.24. The molecule has 1 unspecified atom stereocenters. The number of carboxylic acid groups (broad SMARTS) is 1. The van der Waals surface area contributed by atoms with Gasteiger partial charge in [-0.25, -0.2) is 9.18 Å². The van der Waals surface area contributed by atoms with E-state index in [1.165, 1.54) is 18.2 Å². The van der Waals surface area contributed by atoms with Crippen LogP contribution in [0.3, 0.4) is 0 Å². The Morgan fingerprint density at radius 3 is 2.78 bits per heavy atom. The lowest BCUT2D eigenvalue weighted by Crippen LogP contribution is -2.38. The van der Waals surface area contributed by atoms with Crippen molar-refractivity contribution in [1.29, 1.82) is 0 Å². The smallest absolute Gasteiger partial charge is 0.334 e. The minimum Gasteiger partial charge on any atom is -0.484 e. The molecule has 0 bridgehead atoms. The second-order valence-electron chi connectivity index (χ2n) is 3.40. The van der Waals surface area contributed by atoms with Crippen molar-refractivity contribution in [2.75, 3.05) is 13.2 Å². The van der Waals surface area contributed by atoms with Crippen molar-refractivity contribution in [3.05, 3.63) is 30.1 Å². The molecule has 7 heteroatoms. The van der Waals surface area contributed by atoms with Gasteiger partial charge in [0.1, 0.15) is 11.6 Å². The second kappa shape index (κ2) is 6.55. The molecule has 0 aliphatic carbocycles. The third-order valence-electron chi connectivity index (χ3n) is 1.94. The number of amides is 1. The lowest BCUT2D eigenvalue weighted by atomic mass is 10.3. The van der Waals surface area contributed by atoms with Crippen molar-refractivity contribution in [3.8, 4) is 5.75 Å². The van der Waals surface area contributed by atoms with Crippen LogP contribution in [0.25, 0.3) is 0 Å². The Morgan fingerprint density at radius 1 is 1.44 bits per heavy atom. The Bertz CT molecular complexity index is 437. The Kier molecular flexibility index (Phi) is 5.06. The molecular weight excluding hydrogens is 245 g/mol. The van der Waals surface area contributed by atoms with Gasteiger partial charge in [0.2, 0.25) is 0 Å². The fraction of sp³-hybridized carbons (Fsp3) is 0.273. The highest BCUT2D eigenvalue weighted by Crippen LogP contribution is 2.11. The molecule has 1 rings (SSSR count). The number of halogens is 1. The predicted molar refractivity (Wildman–Crippen MR) is 58.5 cm³/mol. The van der Waals surface area contributed by atoms with Gasteiger partial charge in [-0.1, -0.05) is 6.07 Å². The summed E-state index contributed by atoms with van der Waals surface area (Å²) in [6.45, 7) is -0.809. The number of ether oxygens (including phenoxy) is 1. The monoisotopic (exact) mass is 257 g/mol. The van der Waals surface area contributed by atoms with Crippen molar-refractivity contribution in [2.24, 2.45) is 0 Å². The van der Waals surface area contributed by atoms with Crippen LogP contribution in [-0.2, 0) is 9.59 Å². The van der Waals surface area contributed by atoms with E-state index in [9.17, 15) is 14.0 Å². The maximum Gasteiger partial charge on any atom is 0.334 e. The highest BCUT2D eigenvalue weighted by atomic mass is 19.1. The van der Waals surface area contributed by atoms with E-state index in [2.05, 4.69) is 5.32 Å². The van der Waals surface area contributed by atoms with E-state index >= 15 is 0 Å². The van der Waals surface area contributed by atoms with Gasteiger partial charge in [0.05, 0.1) is 6.54 Å². The Hall–Kier alpha value is -2.15. The van der Waals surface area contributed by atoms with Crippen LogP contribution < -0.4 is 10.1 Å². The summed E-state index contributed by atoms with van der Waals surface area (Å²) < 4.78 is 17.7. The van der Waals surface area contributed by atoms with Gasteiger partial charge >= 0.3 is 5.97 Å². The largest absolute Gasteiger partial charge is 0.484 e. The van der Waals surface area contributed by atoms with Crippen LogP contribution in [0.4, 0.5) is 4.39 Å². The molecule has 0 aliphatic rings. The lowest BCUT2D eigenvalue weighted by molar-refractivity contribution is -0.146. The summed E-state index contributed by atoms with van der Waals surface area (Å²) in [6.07, 6.45) is -1.66. The number of rotatable bonds is 6. The standard InChI is InChI=1S/C11H12FNO5/c12-7-2-1-3-8(4-7)18-6-10(15)13-5-9(14)11(16)17/h1-4,9,14H,5-6H2,(H,13,15)(H,16,17). The van der Waals surface area contributed by atoms with Gasteiger partial charge in [-0.05, 0) is 12.1 Å². The molecule has 0 saturated carbocycles. The van der Waals surface area contributed by atoms with Crippen molar-refractivity contribution in [2.45, 2.75) is 6.10 Å². The van der Waals surface area contributed by atoms with E-state index < -0.39 is 36.9 Å². The van der Waals surface area contributed by atoms with Gasteiger partial charge in [0.25, 0.3) is 5.91 Å². The zero-order valence-electron chi connectivity index (χ0n) is 9.30. The zero-order chi connectivity index (χ0) is 13.5. The molecular formula is C11H12FNO5. The van der Waals surface area contributed by atoms with Crippen molar-refractivity contribution < 1.29 is 28.9 Å². The third-order valence-corrected chi connectivity index (χ3v) is 1.94. The SMILES string of the molecule is O=C(COc1cccc(F)c1)NCC(O)C(=O)O. The average molecular weight is 257 g/mol. The maximum atomic E-state index is 12.8. The van der Waals surface area contributed by atoms with Crippen LogP contribution in [0.5, 0.6) is 5.75 Å². The van der Waals surface area contributed by atoms with E-state index in [4.69, 9.17) is 14.9 Å². The predicted octanol–water partition coefficient (Wildman–Crippen LogP) is -0.234. The van der Waals surface area contributed by atoms with E-state index in [1.807, 2.05) is 0 Å². The molecule has 0 radical (unpaired) electrons. The first-order valence-corrected chi connectivity index (χ1v) is 5.05. The highest BCUT2D eigenvalue weighted by molar-refractivity contribution is 5.79. The van der Waals surface area contributed by atoms with Crippen LogP contribution in [0.15, 0.2) is 24.3 Å². The van der Waals surface area contributed by atoms with Gasteiger partial charge in [0.15, 0.2) is 12.7 Å². The van der Waals surface area contributed by atoms with Gasteiger partial charge in [-0.2, -0.15) is 0 Å². The van der Waals surface area contributed by atoms with Crippen molar-refractivity contribution in [1.82, 2.24) is 5.32 Å². The van der Waals surface area contributed by atoms with E-state index in [0.717, 1.165) is 6.07 Å². The first-order chi connectivity index (χ1) is 8.49. The van der Waals surface area contributed by atoms with E-state index in [1.54, 1.807) is 0 Å². The van der Waals surface area contributed by atoms with Crippen LogP contribution in [-0.4, -0.2) is 41.3 Å². The van der Waals surface area contributed by atoms with Gasteiger partial charge in [-0.3, -0.25) is 4.79 Å². The van der Waals surface area contributed by atoms with E-state index in [0.29, 0.717) is 0 Å². The molecule has 1 atom stereocenters. The molecule has 0 spiro atoms. The highest BCUT2D eigenvalue weighted by Gasteiger charge is 2.14. The molecule has 1 amide bonds. The number of carboxylic acids is 1. The summed E-state index contributed by atoms with van der Waals surface area (Å²) in [5.41, 5.74) is 0. The van der Waals surface area contributed by atoms with Gasteiger partial charge < -0.3 is 20.3 Å². The lowest BCUT2D eigenvalue weighted by Gasteiger charge is -2.09. The maximum absolute atomic E-state index is 12.8. The number of aliphatic hydroxyl groups is 1. The Labute approximate surface area is 102 Å². The molecule has 18 heavy (non-hydrogen) atoms. The number of aliphatic carboxylic acids is 1. The molecule has 0 aliphatic heterocycles. The number of aliphatic hydroxyl groups excluding tert-OH is 1. The molecule has 6 nitrogen and oxygen atoms in total. The number of carbonyl (C=O) groups is 2. The fourth-order valence-corrected chi connectivity index (χ4v) is 1.05. The summed E-state index contributed by atoms with van der Waals surface area (Å²) in [7, 11) is 0. The number of carbonyl (C=O) groups excluding carboxylic acids is 1. The summed E-state index contributed by atoms with van der Waals surface area (Å²) in [4.78, 5) is 21.4. The fourth-order valence-electron chi connectivity index (χ4n) is 1.05. The molecule has 0 fully saturated rings. The molecule has 3 N–H and O–H groups in total. The Morgan fingerprint density at radius 2 is 2.17 bits per heavy atom. The molecule has 0 aromatic heterocycles. The minimum atomic E-state index is -1.66. The molecule has 98 valence electrons. The minimum absolute atomic E-state index is 0.184. The first kappa shape index (κ1) is 13.9. The normalized spacial score (nSPS) is 11.7. The number of hydrogen-bond donors (Lipinski definition) is 3. The number of benzene rings is 1. The molecule has 1 aromatic carbocycles.